The summed E-state index contributed by atoms with van der Waals surface area (Å²) in [5.41, 5.74) is -0.131. The lowest BCUT2D eigenvalue weighted by Crippen LogP contribution is -2.20. The van der Waals surface area contributed by atoms with E-state index in [1.807, 2.05) is 6.92 Å². The van der Waals surface area contributed by atoms with Crippen LogP contribution in [0.2, 0.25) is 0 Å². The SMILES string of the molecule is CCn1c(SCCCNCCOC)n[nH]c1=O. The zero-order valence-electron chi connectivity index (χ0n) is 10.4. The second-order valence-corrected chi connectivity index (χ2v) is 4.56. The van der Waals surface area contributed by atoms with Crippen LogP contribution in [0.1, 0.15) is 13.3 Å². The van der Waals surface area contributed by atoms with Crippen LogP contribution in [-0.2, 0) is 11.3 Å². The van der Waals surface area contributed by atoms with Gasteiger partial charge in [-0.2, -0.15) is 0 Å². The number of thioether (sulfide) groups is 1. The molecule has 0 bridgehead atoms. The predicted molar refractivity (Wildman–Crippen MR) is 68.6 cm³/mol. The van der Waals surface area contributed by atoms with Gasteiger partial charge in [-0.3, -0.25) is 4.57 Å². The van der Waals surface area contributed by atoms with Crippen LogP contribution in [-0.4, -0.2) is 47.3 Å². The summed E-state index contributed by atoms with van der Waals surface area (Å²) in [6, 6.07) is 0. The summed E-state index contributed by atoms with van der Waals surface area (Å²) in [4.78, 5) is 11.3. The van der Waals surface area contributed by atoms with Gasteiger partial charge in [-0.1, -0.05) is 11.8 Å². The molecular formula is C10H20N4O2S. The van der Waals surface area contributed by atoms with E-state index in [2.05, 4.69) is 15.5 Å². The van der Waals surface area contributed by atoms with Crippen molar-refractivity contribution in [3.05, 3.63) is 10.5 Å². The first-order valence-corrected chi connectivity index (χ1v) is 6.75. The third-order valence-corrected chi connectivity index (χ3v) is 3.31. The average Bonchev–Trinajstić information content (AvgIpc) is 2.69. The van der Waals surface area contributed by atoms with Crippen LogP contribution in [0.4, 0.5) is 0 Å². The molecule has 1 heterocycles. The number of nitrogens with zero attached hydrogens (tertiary/aromatic N) is 2. The number of H-pyrrole nitrogens is 1. The number of rotatable bonds is 9. The molecule has 2 N–H and O–H groups in total. The summed E-state index contributed by atoms with van der Waals surface area (Å²) in [6.07, 6.45) is 1.04. The highest BCUT2D eigenvalue weighted by Gasteiger charge is 2.05. The Hall–Kier alpha value is -0.790. The minimum Gasteiger partial charge on any atom is -0.383 e. The molecule has 1 aromatic rings. The van der Waals surface area contributed by atoms with Gasteiger partial charge in [-0.15, -0.1) is 5.10 Å². The van der Waals surface area contributed by atoms with Crippen molar-refractivity contribution >= 4 is 11.8 Å². The monoisotopic (exact) mass is 260 g/mol. The van der Waals surface area contributed by atoms with Crippen molar-refractivity contribution in [3.63, 3.8) is 0 Å². The number of nitrogens with one attached hydrogen (secondary N) is 2. The Bertz CT molecular complexity index is 363. The molecule has 0 aromatic carbocycles. The minimum atomic E-state index is -0.131. The second kappa shape index (κ2) is 8.32. The summed E-state index contributed by atoms with van der Waals surface area (Å²) in [5.74, 6) is 0.949. The number of aromatic amines is 1. The fourth-order valence-electron chi connectivity index (χ4n) is 1.35. The highest BCUT2D eigenvalue weighted by molar-refractivity contribution is 7.99. The smallest absolute Gasteiger partial charge is 0.343 e. The molecule has 7 heteroatoms. The summed E-state index contributed by atoms with van der Waals surface area (Å²) < 4.78 is 6.57. The van der Waals surface area contributed by atoms with E-state index in [0.717, 1.165) is 37.0 Å². The third kappa shape index (κ3) is 4.93. The van der Waals surface area contributed by atoms with E-state index in [0.29, 0.717) is 6.54 Å². The van der Waals surface area contributed by atoms with Crippen LogP contribution >= 0.6 is 11.8 Å². The first-order chi connectivity index (χ1) is 8.29. The number of hydrogen-bond acceptors (Lipinski definition) is 5. The van der Waals surface area contributed by atoms with Crippen LogP contribution in [0.15, 0.2) is 9.95 Å². The molecule has 0 unspecified atom stereocenters. The molecule has 0 fully saturated rings. The number of methoxy groups -OCH3 is 1. The molecule has 0 radical (unpaired) electrons. The van der Waals surface area contributed by atoms with Crippen LogP contribution in [0.3, 0.4) is 0 Å². The normalized spacial score (nSPS) is 10.9. The lowest BCUT2D eigenvalue weighted by Gasteiger charge is -2.04. The predicted octanol–water partition coefficient (Wildman–Crippen LogP) is 0.309. The van der Waals surface area contributed by atoms with Crippen molar-refractivity contribution in [2.45, 2.75) is 25.0 Å². The van der Waals surface area contributed by atoms with Crippen LogP contribution in [0.5, 0.6) is 0 Å². The maximum Gasteiger partial charge on any atom is 0.343 e. The van der Waals surface area contributed by atoms with Gasteiger partial charge in [0.25, 0.3) is 0 Å². The van der Waals surface area contributed by atoms with Gasteiger partial charge >= 0.3 is 5.69 Å². The second-order valence-electron chi connectivity index (χ2n) is 3.50. The molecule has 1 aromatic heterocycles. The molecule has 0 aliphatic rings. The lowest BCUT2D eigenvalue weighted by molar-refractivity contribution is 0.199. The minimum absolute atomic E-state index is 0.131. The van der Waals surface area contributed by atoms with Crippen molar-refractivity contribution in [3.8, 4) is 0 Å². The lowest BCUT2D eigenvalue weighted by atomic mass is 10.5. The van der Waals surface area contributed by atoms with Crippen molar-refractivity contribution < 1.29 is 4.74 Å². The zero-order chi connectivity index (χ0) is 12.5. The van der Waals surface area contributed by atoms with E-state index >= 15 is 0 Å². The zero-order valence-corrected chi connectivity index (χ0v) is 11.2. The Kier molecular flexibility index (Phi) is 6.99. The molecule has 0 saturated carbocycles. The number of ether oxygens (including phenoxy) is 1. The molecule has 98 valence electrons. The molecule has 0 spiro atoms. The van der Waals surface area contributed by atoms with E-state index < -0.39 is 0 Å². The van der Waals surface area contributed by atoms with Gasteiger partial charge in [0.1, 0.15) is 0 Å². The van der Waals surface area contributed by atoms with Gasteiger partial charge in [0.2, 0.25) is 0 Å². The molecule has 0 saturated heterocycles. The molecule has 0 aliphatic carbocycles. The molecular weight excluding hydrogens is 240 g/mol. The van der Waals surface area contributed by atoms with Crippen molar-refractivity contribution in [1.82, 2.24) is 20.1 Å². The van der Waals surface area contributed by atoms with Gasteiger partial charge < -0.3 is 10.1 Å². The number of aromatic nitrogens is 3. The molecule has 0 atom stereocenters. The molecule has 6 nitrogen and oxygen atoms in total. The fourth-order valence-corrected chi connectivity index (χ4v) is 2.30. The Morgan fingerprint density at radius 1 is 1.53 bits per heavy atom. The van der Waals surface area contributed by atoms with Gasteiger partial charge in [0.15, 0.2) is 5.16 Å². The van der Waals surface area contributed by atoms with Crippen LogP contribution in [0, 0.1) is 0 Å². The molecule has 17 heavy (non-hydrogen) atoms. The quantitative estimate of drug-likeness (QED) is 0.494. The van der Waals surface area contributed by atoms with Crippen LogP contribution < -0.4 is 11.0 Å². The van der Waals surface area contributed by atoms with E-state index in [-0.39, 0.29) is 5.69 Å². The van der Waals surface area contributed by atoms with E-state index in [9.17, 15) is 4.79 Å². The largest absolute Gasteiger partial charge is 0.383 e. The van der Waals surface area contributed by atoms with Crippen molar-refractivity contribution in [1.29, 1.82) is 0 Å². The summed E-state index contributed by atoms with van der Waals surface area (Å²) in [6.45, 7) is 5.17. The fraction of sp³-hybridized carbons (Fsp3) is 0.800. The van der Waals surface area contributed by atoms with E-state index in [1.165, 1.54) is 0 Å². The average molecular weight is 260 g/mol. The number of hydrogen-bond donors (Lipinski definition) is 2. The summed E-state index contributed by atoms with van der Waals surface area (Å²) in [5, 5.41) is 10.5. The van der Waals surface area contributed by atoms with Crippen LogP contribution in [0.25, 0.3) is 0 Å². The Morgan fingerprint density at radius 2 is 2.35 bits per heavy atom. The topological polar surface area (TPSA) is 71.9 Å². The van der Waals surface area contributed by atoms with Gasteiger partial charge in [-0.05, 0) is 19.9 Å². The van der Waals surface area contributed by atoms with E-state index in [1.54, 1.807) is 23.4 Å². The summed E-state index contributed by atoms with van der Waals surface area (Å²) in [7, 11) is 1.69. The first-order valence-electron chi connectivity index (χ1n) is 5.77. The Morgan fingerprint density at radius 3 is 3.06 bits per heavy atom. The van der Waals surface area contributed by atoms with Gasteiger partial charge in [0, 0.05) is 26.0 Å². The first kappa shape index (κ1) is 14.3. The van der Waals surface area contributed by atoms with Gasteiger partial charge in [-0.25, -0.2) is 9.89 Å². The molecule has 0 aliphatic heterocycles. The highest BCUT2D eigenvalue weighted by atomic mass is 32.2. The maximum atomic E-state index is 11.3. The van der Waals surface area contributed by atoms with E-state index in [4.69, 9.17) is 4.74 Å². The Labute approximate surface area is 105 Å². The standard InChI is InChI=1S/C10H20N4O2S/c1-3-14-9(15)12-13-10(14)17-8-4-5-11-6-7-16-2/h11H,3-8H2,1-2H3,(H,12,15). The Balaban J connectivity index is 2.16. The highest BCUT2D eigenvalue weighted by Crippen LogP contribution is 2.13. The third-order valence-electron chi connectivity index (χ3n) is 2.25. The van der Waals surface area contributed by atoms with Gasteiger partial charge in [0.05, 0.1) is 6.61 Å². The summed E-state index contributed by atoms with van der Waals surface area (Å²) >= 11 is 1.61. The molecule has 0 amide bonds. The van der Waals surface area contributed by atoms with Crippen molar-refractivity contribution in [2.75, 3.05) is 32.6 Å². The van der Waals surface area contributed by atoms with Crippen molar-refractivity contribution in [2.24, 2.45) is 0 Å². The molecule has 1 rings (SSSR count). The maximum absolute atomic E-state index is 11.3.